The van der Waals surface area contributed by atoms with Crippen LogP contribution in [0.2, 0.25) is 0 Å². The molecule has 0 amide bonds. The van der Waals surface area contributed by atoms with Crippen molar-refractivity contribution < 1.29 is 14.4 Å². The molecule has 102 valence electrons. The van der Waals surface area contributed by atoms with Crippen LogP contribution in [-0.4, -0.2) is 30.8 Å². The van der Waals surface area contributed by atoms with Crippen LogP contribution in [0.1, 0.15) is 12.8 Å². The van der Waals surface area contributed by atoms with Gasteiger partial charge in [0.1, 0.15) is 5.69 Å². The molecule has 0 radical (unpaired) electrons. The average molecular weight is 265 g/mol. The highest BCUT2D eigenvalue weighted by molar-refractivity contribution is 5.69. The summed E-state index contributed by atoms with van der Waals surface area (Å²) in [5.41, 5.74) is 0.512. The highest BCUT2D eigenvalue weighted by Gasteiger charge is 2.25. The third-order valence-corrected chi connectivity index (χ3v) is 3.34. The maximum atomic E-state index is 11.1. The fourth-order valence-electron chi connectivity index (χ4n) is 2.39. The Balaban J connectivity index is 1.87. The number of hydrogen-bond donors (Lipinski definition) is 2. The van der Waals surface area contributed by atoms with Crippen LogP contribution in [0, 0.1) is 10.1 Å². The van der Waals surface area contributed by atoms with Crippen molar-refractivity contribution in [2.75, 3.05) is 25.2 Å². The second kappa shape index (κ2) is 4.93. The maximum Gasteiger partial charge on any atom is 0.296 e. The van der Waals surface area contributed by atoms with Crippen molar-refractivity contribution in [3.63, 3.8) is 0 Å². The Morgan fingerprint density at radius 2 is 2.16 bits per heavy atom. The summed E-state index contributed by atoms with van der Waals surface area (Å²) in [6.45, 7) is 1.92. The second-order valence-corrected chi connectivity index (χ2v) is 4.67. The van der Waals surface area contributed by atoms with Crippen LogP contribution in [0.4, 0.5) is 11.4 Å². The van der Waals surface area contributed by atoms with Gasteiger partial charge in [0.15, 0.2) is 11.5 Å². The van der Waals surface area contributed by atoms with Crippen LogP contribution in [0.5, 0.6) is 11.5 Å². The third kappa shape index (κ3) is 2.41. The normalized spacial score (nSPS) is 21.2. The van der Waals surface area contributed by atoms with Crippen LogP contribution in [-0.2, 0) is 0 Å². The van der Waals surface area contributed by atoms with Gasteiger partial charge in [0.2, 0.25) is 6.79 Å². The molecule has 1 unspecified atom stereocenters. The molecular formula is C12H15N3O4. The molecule has 1 fully saturated rings. The van der Waals surface area contributed by atoms with E-state index in [1.165, 1.54) is 6.07 Å². The largest absolute Gasteiger partial charge is 0.454 e. The van der Waals surface area contributed by atoms with Gasteiger partial charge in [0.25, 0.3) is 5.69 Å². The Bertz CT molecular complexity index is 500. The van der Waals surface area contributed by atoms with Gasteiger partial charge in [0, 0.05) is 18.7 Å². The van der Waals surface area contributed by atoms with E-state index in [0.29, 0.717) is 17.2 Å². The van der Waals surface area contributed by atoms with E-state index in [-0.39, 0.29) is 18.5 Å². The van der Waals surface area contributed by atoms with Crippen molar-refractivity contribution in [2.24, 2.45) is 0 Å². The first-order valence-corrected chi connectivity index (χ1v) is 6.29. The Labute approximate surface area is 110 Å². The Morgan fingerprint density at radius 1 is 1.37 bits per heavy atom. The van der Waals surface area contributed by atoms with Crippen molar-refractivity contribution in [1.29, 1.82) is 0 Å². The van der Waals surface area contributed by atoms with Crippen molar-refractivity contribution >= 4 is 11.4 Å². The lowest BCUT2D eigenvalue weighted by atomic mass is 10.1. The van der Waals surface area contributed by atoms with Gasteiger partial charge in [-0.25, -0.2) is 0 Å². The minimum atomic E-state index is -0.402. The lowest BCUT2D eigenvalue weighted by molar-refractivity contribution is -0.384. The number of nitro groups is 1. The zero-order chi connectivity index (χ0) is 13.2. The van der Waals surface area contributed by atoms with Crippen molar-refractivity contribution in [3.05, 3.63) is 22.2 Å². The molecule has 1 aromatic rings. The first kappa shape index (κ1) is 12.0. The van der Waals surface area contributed by atoms with Crippen LogP contribution in [0.15, 0.2) is 12.1 Å². The molecule has 7 heteroatoms. The third-order valence-electron chi connectivity index (χ3n) is 3.34. The molecule has 1 atom stereocenters. The molecule has 19 heavy (non-hydrogen) atoms. The predicted molar refractivity (Wildman–Crippen MR) is 68.7 cm³/mol. The number of piperidine rings is 1. The van der Waals surface area contributed by atoms with Gasteiger partial charge in [-0.05, 0) is 19.4 Å². The Hall–Kier alpha value is -2.02. The number of anilines is 1. The fraction of sp³-hybridized carbons (Fsp3) is 0.500. The summed E-state index contributed by atoms with van der Waals surface area (Å²) in [4.78, 5) is 10.7. The summed E-state index contributed by atoms with van der Waals surface area (Å²) in [6, 6.07) is 3.27. The maximum absolute atomic E-state index is 11.1. The van der Waals surface area contributed by atoms with Gasteiger partial charge in [-0.1, -0.05) is 0 Å². The molecule has 2 heterocycles. The zero-order valence-electron chi connectivity index (χ0n) is 10.3. The number of fused-ring (bicyclic) bond motifs is 1. The number of ether oxygens (including phenoxy) is 2. The highest BCUT2D eigenvalue weighted by atomic mass is 16.7. The number of benzene rings is 1. The first-order chi connectivity index (χ1) is 9.24. The molecule has 0 bridgehead atoms. The van der Waals surface area contributed by atoms with E-state index in [0.717, 1.165) is 25.9 Å². The van der Waals surface area contributed by atoms with Crippen molar-refractivity contribution in [1.82, 2.24) is 5.32 Å². The van der Waals surface area contributed by atoms with Gasteiger partial charge < -0.3 is 20.1 Å². The fourth-order valence-corrected chi connectivity index (χ4v) is 2.39. The molecule has 1 saturated heterocycles. The molecule has 2 aliphatic heterocycles. The van der Waals surface area contributed by atoms with Gasteiger partial charge in [-0.3, -0.25) is 10.1 Å². The topological polar surface area (TPSA) is 85.7 Å². The van der Waals surface area contributed by atoms with Crippen molar-refractivity contribution in [3.8, 4) is 11.5 Å². The number of hydrogen-bond acceptors (Lipinski definition) is 6. The van der Waals surface area contributed by atoms with E-state index in [1.807, 2.05) is 0 Å². The molecule has 3 rings (SSSR count). The number of rotatable bonds is 3. The molecule has 2 aliphatic rings. The first-order valence-electron chi connectivity index (χ1n) is 6.29. The minimum absolute atomic E-state index is 0.0230. The van der Waals surface area contributed by atoms with Crippen LogP contribution >= 0.6 is 0 Å². The van der Waals surface area contributed by atoms with E-state index in [1.54, 1.807) is 6.07 Å². The molecular weight excluding hydrogens is 250 g/mol. The predicted octanol–water partition coefficient (Wildman–Crippen LogP) is 1.49. The van der Waals surface area contributed by atoms with Gasteiger partial charge in [-0.2, -0.15) is 0 Å². The number of nitro benzene ring substituents is 1. The summed E-state index contributed by atoms with van der Waals surface area (Å²) in [7, 11) is 0. The molecule has 2 N–H and O–H groups in total. The zero-order valence-corrected chi connectivity index (χ0v) is 10.3. The van der Waals surface area contributed by atoms with E-state index < -0.39 is 4.92 Å². The molecule has 0 saturated carbocycles. The van der Waals surface area contributed by atoms with Crippen molar-refractivity contribution in [2.45, 2.75) is 18.9 Å². The summed E-state index contributed by atoms with van der Waals surface area (Å²) >= 11 is 0. The average Bonchev–Trinajstić information content (AvgIpc) is 2.86. The summed E-state index contributed by atoms with van der Waals surface area (Å²) in [5, 5.41) is 17.6. The number of nitrogens with one attached hydrogen (secondary N) is 2. The van der Waals surface area contributed by atoms with Gasteiger partial charge in [-0.15, -0.1) is 0 Å². The monoisotopic (exact) mass is 265 g/mol. The highest BCUT2D eigenvalue weighted by Crippen LogP contribution is 2.40. The lowest BCUT2D eigenvalue weighted by Gasteiger charge is -2.24. The quantitative estimate of drug-likeness (QED) is 0.636. The summed E-state index contributed by atoms with van der Waals surface area (Å²) < 4.78 is 10.4. The summed E-state index contributed by atoms with van der Waals surface area (Å²) in [6.07, 6.45) is 2.06. The Morgan fingerprint density at radius 3 is 2.84 bits per heavy atom. The second-order valence-electron chi connectivity index (χ2n) is 4.67. The smallest absolute Gasteiger partial charge is 0.296 e. The Kier molecular flexibility index (Phi) is 3.12. The van der Waals surface area contributed by atoms with Crippen LogP contribution in [0.3, 0.4) is 0 Å². The van der Waals surface area contributed by atoms with Gasteiger partial charge >= 0.3 is 0 Å². The molecule has 0 spiro atoms. The SMILES string of the molecule is O=[N+]([O-])c1cc2c(cc1NC1CCCNC1)OCO2. The van der Waals surface area contributed by atoms with Crippen LogP contribution in [0.25, 0.3) is 0 Å². The van der Waals surface area contributed by atoms with E-state index >= 15 is 0 Å². The molecule has 1 aromatic carbocycles. The number of nitrogens with zero attached hydrogens (tertiary/aromatic N) is 1. The van der Waals surface area contributed by atoms with Crippen LogP contribution < -0.4 is 20.1 Å². The minimum Gasteiger partial charge on any atom is -0.454 e. The van der Waals surface area contributed by atoms with E-state index in [4.69, 9.17) is 9.47 Å². The van der Waals surface area contributed by atoms with Gasteiger partial charge in [0.05, 0.1) is 11.0 Å². The van der Waals surface area contributed by atoms with E-state index in [9.17, 15) is 10.1 Å². The molecule has 0 aromatic heterocycles. The van der Waals surface area contributed by atoms with E-state index in [2.05, 4.69) is 10.6 Å². The summed E-state index contributed by atoms with van der Waals surface area (Å²) in [5.74, 6) is 0.982. The molecule has 0 aliphatic carbocycles. The standard InChI is InChI=1S/C12H15N3O4/c16-15(17)10-5-12-11(18-7-19-12)4-9(10)14-8-2-1-3-13-6-8/h4-5,8,13-14H,1-3,6-7H2. The molecule has 7 nitrogen and oxygen atoms in total. The lowest BCUT2D eigenvalue weighted by Crippen LogP contribution is -2.38.